The Bertz CT molecular complexity index is 283. The molecule has 1 atom stereocenters. The second-order valence-electron chi connectivity index (χ2n) is 4.52. The quantitative estimate of drug-likeness (QED) is 0.809. The lowest BCUT2D eigenvalue weighted by atomic mass is 10.1. The fourth-order valence-corrected chi connectivity index (χ4v) is 2.31. The smallest absolute Gasteiger partial charge is 0.0922 e. The standard InChI is InChI=1S/C12H22N4/c1-2-16-6-3-4-11(5-7-16)14-9-12-8-13-10-15-12/h8,10-11,14H,2-7,9H2,1H3,(H,13,15). The SMILES string of the molecule is CCN1CCCC(NCc2cnc[nH]2)CC1. The molecule has 1 aromatic heterocycles. The molecule has 1 aliphatic rings. The fraction of sp³-hybridized carbons (Fsp3) is 0.750. The van der Waals surface area contributed by atoms with E-state index in [-0.39, 0.29) is 0 Å². The zero-order valence-corrected chi connectivity index (χ0v) is 10.1. The summed E-state index contributed by atoms with van der Waals surface area (Å²) >= 11 is 0. The highest BCUT2D eigenvalue weighted by molar-refractivity contribution is 4.94. The van der Waals surface area contributed by atoms with Crippen LogP contribution < -0.4 is 5.32 Å². The van der Waals surface area contributed by atoms with E-state index in [0.717, 1.165) is 6.54 Å². The number of imidazole rings is 1. The van der Waals surface area contributed by atoms with Gasteiger partial charge in [-0.3, -0.25) is 0 Å². The van der Waals surface area contributed by atoms with E-state index in [2.05, 4.69) is 27.1 Å². The number of nitrogens with zero attached hydrogens (tertiary/aromatic N) is 2. The summed E-state index contributed by atoms with van der Waals surface area (Å²) in [5, 5.41) is 3.61. The van der Waals surface area contributed by atoms with Gasteiger partial charge in [-0.15, -0.1) is 0 Å². The van der Waals surface area contributed by atoms with E-state index in [1.54, 1.807) is 6.33 Å². The van der Waals surface area contributed by atoms with Crippen molar-refractivity contribution in [1.82, 2.24) is 20.2 Å². The van der Waals surface area contributed by atoms with E-state index in [1.165, 1.54) is 44.6 Å². The van der Waals surface area contributed by atoms with E-state index in [4.69, 9.17) is 0 Å². The highest BCUT2D eigenvalue weighted by Crippen LogP contribution is 2.11. The van der Waals surface area contributed by atoms with Crippen molar-refractivity contribution in [2.45, 2.75) is 38.8 Å². The molecule has 4 heteroatoms. The summed E-state index contributed by atoms with van der Waals surface area (Å²) in [5.74, 6) is 0. The average Bonchev–Trinajstić information content (AvgIpc) is 2.72. The molecule has 1 unspecified atom stereocenters. The van der Waals surface area contributed by atoms with Crippen LogP contribution in [0.2, 0.25) is 0 Å². The molecule has 0 aliphatic carbocycles. The third kappa shape index (κ3) is 3.32. The predicted octanol–water partition coefficient (Wildman–Crippen LogP) is 1.37. The second kappa shape index (κ2) is 6.01. The maximum atomic E-state index is 4.03. The lowest BCUT2D eigenvalue weighted by molar-refractivity contribution is 0.297. The molecular weight excluding hydrogens is 200 g/mol. The van der Waals surface area contributed by atoms with Gasteiger partial charge in [0.15, 0.2) is 0 Å². The van der Waals surface area contributed by atoms with Crippen LogP contribution in [0.1, 0.15) is 31.9 Å². The molecule has 4 nitrogen and oxygen atoms in total. The maximum absolute atomic E-state index is 4.03. The van der Waals surface area contributed by atoms with Gasteiger partial charge in [0.25, 0.3) is 0 Å². The molecule has 0 radical (unpaired) electrons. The van der Waals surface area contributed by atoms with Gasteiger partial charge in [-0.1, -0.05) is 6.92 Å². The average molecular weight is 222 g/mol. The number of aromatic nitrogens is 2. The minimum Gasteiger partial charge on any atom is -0.347 e. The topological polar surface area (TPSA) is 44.0 Å². The highest BCUT2D eigenvalue weighted by atomic mass is 15.1. The summed E-state index contributed by atoms with van der Waals surface area (Å²) < 4.78 is 0. The molecular formula is C12H22N4. The first-order valence-corrected chi connectivity index (χ1v) is 6.31. The van der Waals surface area contributed by atoms with Crippen molar-refractivity contribution < 1.29 is 0 Å². The Morgan fingerprint density at radius 1 is 1.50 bits per heavy atom. The minimum absolute atomic E-state index is 0.667. The summed E-state index contributed by atoms with van der Waals surface area (Å²) in [6.45, 7) is 6.85. The Labute approximate surface area is 97.4 Å². The Morgan fingerprint density at radius 3 is 3.19 bits per heavy atom. The van der Waals surface area contributed by atoms with E-state index < -0.39 is 0 Å². The molecule has 0 amide bonds. The molecule has 2 rings (SSSR count). The van der Waals surface area contributed by atoms with Gasteiger partial charge < -0.3 is 15.2 Å². The van der Waals surface area contributed by atoms with Crippen molar-refractivity contribution in [3.63, 3.8) is 0 Å². The molecule has 0 aromatic carbocycles. The number of likely N-dealkylation sites (tertiary alicyclic amines) is 1. The van der Waals surface area contributed by atoms with Gasteiger partial charge in [0.1, 0.15) is 0 Å². The van der Waals surface area contributed by atoms with Crippen LogP contribution in [-0.4, -0.2) is 40.5 Å². The molecule has 0 bridgehead atoms. The first kappa shape index (κ1) is 11.6. The predicted molar refractivity (Wildman–Crippen MR) is 65.2 cm³/mol. The number of hydrogen-bond donors (Lipinski definition) is 2. The van der Waals surface area contributed by atoms with Crippen molar-refractivity contribution >= 4 is 0 Å². The molecule has 1 saturated heterocycles. The lowest BCUT2D eigenvalue weighted by Gasteiger charge is -2.18. The summed E-state index contributed by atoms with van der Waals surface area (Å²) in [4.78, 5) is 9.69. The first-order chi connectivity index (χ1) is 7.88. The van der Waals surface area contributed by atoms with Gasteiger partial charge in [0, 0.05) is 24.5 Å². The Hall–Kier alpha value is -0.870. The van der Waals surface area contributed by atoms with Crippen LogP contribution in [0.4, 0.5) is 0 Å². The van der Waals surface area contributed by atoms with Gasteiger partial charge in [-0.2, -0.15) is 0 Å². The van der Waals surface area contributed by atoms with Crippen molar-refractivity contribution in [3.05, 3.63) is 18.2 Å². The fourth-order valence-electron chi connectivity index (χ4n) is 2.31. The molecule has 16 heavy (non-hydrogen) atoms. The lowest BCUT2D eigenvalue weighted by Crippen LogP contribution is -2.30. The van der Waals surface area contributed by atoms with Gasteiger partial charge in [-0.05, 0) is 38.9 Å². The molecule has 90 valence electrons. The molecule has 2 N–H and O–H groups in total. The Kier molecular flexibility index (Phi) is 4.36. The van der Waals surface area contributed by atoms with Gasteiger partial charge in [0.05, 0.1) is 6.33 Å². The van der Waals surface area contributed by atoms with Crippen molar-refractivity contribution in [3.8, 4) is 0 Å². The van der Waals surface area contributed by atoms with E-state index >= 15 is 0 Å². The number of nitrogens with one attached hydrogen (secondary N) is 2. The number of H-pyrrole nitrogens is 1. The van der Waals surface area contributed by atoms with Gasteiger partial charge in [0.2, 0.25) is 0 Å². The molecule has 0 saturated carbocycles. The summed E-state index contributed by atoms with van der Waals surface area (Å²) in [6, 6.07) is 0.667. The second-order valence-corrected chi connectivity index (χ2v) is 4.52. The molecule has 2 heterocycles. The third-order valence-electron chi connectivity index (χ3n) is 3.40. The largest absolute Gasteiger partial charge is 0.347 e. The molecule has 1 aromatic rings. The van der Waals surface area contributed by atoms with Gasteiger partial charge in [-0.25, -0.2) is 4.98 Å². The monoisotopic (exact) mass is 222 g/mol. The number of aromatic amines is 1. The highest BCUT2D eigenvalue weighted by Gasteiger charge is 2.15. The maximum Gasteiger partial charge on any atom is 0.0922 e. The molecule has 1 aliphatic heterocycles. The van der Waals surface area contributed by atoms with Crippen molar-refractivity contribution in [2.75, 3.05) is 19.6 Å². The Morgan fingerprint density at radius 2 is 2.44 bits per heavy atom. The summed E-state index contributed by atoms with van der Waals surface area (Å²) in [5.41, 5.74) is 1.18. The van der Waals surface area contributed by atoms with Crippen LogP contribution in [-0.2, 0) is 6.54 Å². The summed E-state index contributed by atoms with van der Waals surface area (Å²) in [7, 11) is 0. The number of hydrogen-bond acceptors (Lipinski definition) is 3. The zero-order valence-electron chi connectivity index (χ0n) is 10.1. The van der Waals surface area contributed by atoms with E-state index in [1.807, 2.05) is 6.20 Å². The van der Waals surface area contributed by atoms with Crippen LogP contribution in [0.25, 0.3) is 0 Å². The number of rotatable bonds is 4. The Balaban J connectivity index is 1.73. The van der Waals surface area contributed by atoms with Crippen LogP contribution >= 0.6 is 0 Å². The van der Waals surface area contributed by atoms with Crippen molar-refractivity contribution in [1.29, 1.82) is 0 Å². The summed E-state index contributed by atoms with van der Waals surface area (Å²) in [6.07, 6.45) is 7.51. The third-order valence-corrected chi connectivity index (χ3v) is 3.40. The minimum atomic E-state index is 0.667. The van der Waals surface area contributed by atoms with Crippen LogP contribution in [0.15, 0.2) is 12.5 Å². The van der Waals surface area contributed by atoms with Crippen LogP contribution in [0.3, 0.4) is 0 Å². The van der Waals surface area contributed by atoms with E-state index in [0.29, 0.717) is 6.04 Å². The van der Waals surface area contributed by atoms with Crippen LogP contribution in [0.5, 0.6) is 0 Å². The normalized spacial score (nSPS) is 23.2. The van der Waals surface area contributed by atoms with Crippen molar-refractivity contribution in [2.24, 2.45) is 0 Å². The van der Waals surface area contributed by atoms with Gasteiger partial charge >= 0.3 is 0 Å². The van der Waals surface area contributed by atoms with E-state index in [9.17, 15) is 0 Å². The molecule has 0 spiro atoms. The first-order valence-electron chi connectivity index (χ1n) is 6.31. The molecule has 1 fully saturated rings. The zero-order chi connectivity index (χ0) is 11.2. The van der Waals surface area contributed by atoms with Crippen LogP contribution in [0, 0.1) is 0 Å².